The van der Waals surface area contributed by atoms with Crippen LogP contribution in [0.5, 0.6) is 11.6 Å². The molecule has 4 rings (SSSR count). The molecule has 178 valence electrons. The van der Waals surface area contributed by atoms with Gasteiger partial charge in [-0.15, -0.1) is 0 Å². The first-order valence-electron chi connectivity index (χ1n) is 11.3. The minimum Gasteiger partial charge on any atom is -0.494 e. The topological polar surface area (TPSA) is 81.6 Å². The zero-order valence-corrected chi connectivity index (χ0v) is 20.4. The molecule has 1 N–H and O–H groups in total. The van der Waals surface area contributed by atoms with Gasteiger partial charge in [0, 0.05) is 39.1 Å². The van der Waals surface area contributed by atoms with Crippen LogP contribution < -0.4 is 10.4 Å². The van der Waals surface area contributed by atoms with Crippen molar-refractivity contribution in [3.05, 3.63) is 64.2 Å². The molecule has 8 nitrogen and oxygen atoms in total. The van der Waals surface area contributed by atoms with Crippen LogP contribution in [0.4, 0.5) is 0 Å². The predicted molar refractivity (Wildman–Crippen MR) is 133 cm³/mol. The smallest absolute Gasteiger partial charge is 0.335 e. The van der Waals surface area contributed by atoms with Gasteiger partial charge in [-0.05, 0) is 50.6 Å². The molecule has 0 unspecified atom stereocenters. The number of hydrogen-bond donors (Lipinski definition) is 1. The quantitative estimate of drug-likeness (QED) is 0.471. The fraction of sp³-hybridized carbons (Fsp3) is 0.308. The number of amides is 1. The van der Waals surface area contributed by atoms with Gasteiger partial charge in [0.15, 0.2) is 0 Å². The van der Waals surface area contributed by atoms with Crippen molar-refractivity contribution in [3.63, 3.8) is 0 Å². The van der Waals surface area contributed by atoms with Gasteiger partial charge < -0.3 is 19.3 Å². The summed E-state index contributed by atoms with van der Waals surface area (Å²) in [7, 11) is 5.11. The molecule has 0 radical (unpaired) electrons. The molecule has 4 aromatic rings. The Kier molecular flexibility index (Phi) is 6.00. The highest BCUT2D eigenvalue weighted by molar-refractivity contribution is 6.13. The van der Waals surface area contributed by atoms with Crippen LogP contribution in [0, 0.1) is 6.92 Å². The maximum atomic E-state index is 13.3. The molecule has 0 saturated heterocycles. The van der Waals surface area contributed by atoms with Crippen LogP contribution in [0.25, 0.3) is 27.8 Å². The van der Waals surface area contributed by atoms with Gasteiger partial charge in [0.1, 0.15) is 5.75 Å². The summed E-state index contributed by atoms with van der Waals surface area (Å²) in [5, 5.41) is 11.3. The molecule has 8 heteroatoms. The monoisotopic (exact) mass is 462 g/mol. The van der Waals surface area contributed by atoms with Crippen molar-refractivity contribution < 1.29 is 14.6 Å². The van der Waals surface area contributed by atoms with E-state index in [1.807, 2.05) is 44.2 Å². The predicted octanol–water partition coefficient (Wildman–Crippen LogP) is 3.93. The lowest BCUT2D eigenvalue weighted by Gasteiger charge is -2.14. The molecule has 0 spiro atoms. The van der Waals surface area contributed by atoms with Crippen molar-refractivity contribution >= 4 is 16.8 Å². The molecule has 2 aromatic carbocycles. The Morgan fingerprint density at radius 3 is 2.29 bits per heavy atom. The van der Waals surface area contributed by atoms with Crippen molar-refractivity contribution in [1.82, 2.24) is 18.6 Å². The summed E-state index contributed by atoms with van der Waals surface area (Å²) in [6.07, 6.45) is 0. The zero-order valence-electron chi connectivity index (χ0n) is 20.4. The van der Waals surface area contributed by atoms with Gasteiger partial charge in [-0.1, -0.05) is 12.1 Å². The highest BCUT2D eigenvalue weighted by Crippen LogP contribution is 2.37. The summed E-state index contributed by atoms with van der Waals surface area (Å²) >= 11 is 0. The lowest BCUT2D eigenvalue weighted by Crippen LogP contribution is -2.22. The maximum absolute atomic E-state index is 13.3. The molecule has 0 aliphatic heterocycles. The average Bonchev–Trinajstić information content (AvgIpc) is 3.25. The fourth-order valence-electron chi connectivity index (χ4n) is 4.35. The van der Waals surface area contributed by atoms with Crippen molar-refractivity contribution in [2.75, 3.05) is 20.7 Å². The third kappa shape index (κ3) is 3.55. The van der Waals surface area contributed by atoms with E-state index in [9.17, 15) is 14.7 Å². The van der Waals surface area contributed by atoms with Crippen LogP contribution in [0.3, 0.4) is 0 Å². The summed E-state index contributed by atoms with van der Waals surface area (Å²) < 4.78 is 10.5. The van der Waals surface area contributed by atoms with Gasteiger partial charge in [0.2, 0.25) is 5.88 Å². The molecule has 0 aliphatic carbocycles. The number of aromatic nitrogens is 3. The lowest BCUT2D eigenvalue weighted by molar-refractivity contribution is 0.0830. The molecule has 0 saturated carbocycles. The van der Waals surface area contributed by atoms with E-state index in [0.717, 1.165) is 27.9 Å². The third-order valence-electron chi connectivity index (χ3n) is 6.20. The number of aryl methyl sites for hydroxylation is 1. The van der Waals surface area contributed by atoms with E-state index in [-0.39, 0.29) is 17.5 Å². The Morgan fingerprint density at radius 1 is 1.09 bits per heavy atom. The first-order chi connectivity index (χ1) is 16.2. The van der Waals surface area contributed by atoms with Crippen LogP contribution in [0.15, 0.2) is 47.3 Å². The third-order valence-corrected chi connectivity index (χ3v) is 6.20. The fourth-order valence-corrected chi connectivity index (χ4v) is 4.35. The van der Waals surface area contributed by atoms with Crippen molar-refractivity contribution in [2.24, 2.45) is 7.05 Å². The Bertz CT molecular complexity index is 1440. The number of fused-ring (bicyclic) bond motifs is 1. The summed E-state index contributed by atoms with van der Waals surface area (Å²) in [6, 6.07) is 13.1. The SMILES string of the molecule is CCOc1ccc2c(C(=O)N(C)C)c(-c3ccc(-n4c(O)c(C)n(C)c4=O)cc3)n(CC)c2c1. The van der Waals surface area contributed by atoms with Crippen LogP contribution >= 0.6 is 0 Å². The first kappa shape index (κ1) is 23.2. The number of rotatable bonds is 6. The van der Waals surface area contributed by atoms with Crippen molar-refractivity contribution in [2.45, 2.75) is 27.3 Å². The molecule has 0 atom stereocenters. The second-order valence-electron chi connectivity index (χ2n) is 8.41. The Labute approximate surface area is 198 Å². The largest absolute Gasteiger partial charge is 0.494 e. The van der Waals surface area contributed by atoms with E-state index in [2.05, 4.69) is 4.57 Å². The van der Waals surface area contributed by atoms with E-state index in [1.54, 1.807) is 45.1 Å². The second kappa shape index (κ2) is 8.78. The van der Waals surface area contributed by atoms with E-state index in [0.29, 0.717) is 30.1 Å². The van der Waals surface area contributed by atoms with E-state index >= 15 is 0 Å². The molecule has 0 fully saturated rings. The van der Waals surface area contributed by atoms with Crippen LogP contribution in [0.1, 0.15) is 29.9 Å². The van der Waals surface area contributed by atoms with Crippen molar-refractivity contribution in [1.29, 1.82) is 0 Å². The maximum Gasteiger partial charge on any atom is 0.335 e. The van der Waals surface area contributed by atoms with Crippen LogP contribution in [-0.2, 0) is 13.6 Å². The zero-order chi connectivity index (χ0) is 24.7. The Balaban J connectivity index is 1.95. The molecular weight excluding hydrogens is 432 g/mol. The number of carbonyl (C=O) groups is 1. The van der Waals surface area contributed by atoms with Gasteiger partial charge in [-0.3, -0.25) is 9.36 Å². The van der Waals surface area contributed by atoms with E-state index in [4.69, 9.17) is 4.74 Å². The van der Waals surface area contributed by atoms with Gasteiger partial charge in [-0.25, -0.2) is 9.36 Å². The minimum atomic E-state index is -0.322. The highest BCUT2D eigenvalue weighted by Gasteiger charge is 2.25. The molecule has 34 heavy (non-hydrogen) atoms. The number of carbonyl (C=O) groups excluding carboxylic acids is 1. The molecule has 0 aliphatic rings. The number of ether oxygens (including phenoxy) is 1. The van der Waals surface area contributed by atoms with Crippen LogP contribution in [0.2, 0.25) is 0 Å². The van der Waals surface area contributed by atoms with Gasteiger partial charge in [-0.2, -0.15) is 0 Å². The summed E-state index contributed by atoms with van der Waals surface area (Å²) in [6.45, 7) is 6.88. The summed E-state index contributed by atoms with van der Waals surface area (Å²) in [5.41, 5.74) is 3.90. The molecule has 0 bridgehead atoms. The normalized spacial score (nSPS) is 11.2. The van der Waals surface area contributed by atoms with E-state index in [1.165, 1.54) is 9.13 Å². The number of benzene rings is 2. The van der Waals surface area contributed by atoms with Gasteiger partial charge in [0.05, 0.1) is 34.8 Å². The second-order valence-corrected chi connectivity index (χ2v) is 8.41. The standard InChI is InChI=1S/C26H30N4O4/c1-7-29-21-15-19(34-8-2)13-14-20(21)22(25(32)27(4)5)23(29)17-9-11-18(12-10-17)30-24(31)16(3)28(6)26(30)33/h9-15,31H,7-8H2,1-6H3. The minimum absolute atomic E-state index is 0.0881. The Hall–Kier alpha value is -3.94. The molecule has 2 heterocycles. The molecule has 2 aromatic heterocycles. The average molecular weight is 463 g/mol. The summed E-state index contributed by atoms with van der Waals surface area (Å²) in [4.78, 5) is 27.5. The molecule has 1 amide bonds. The van der Waals surface area contributed by atoms with Crippen molar-refractivity contribution in [3.8, 4) is 28.6 Å². The highest BCUT2D eigenvalue weighted by atomic mass is 16.5. The first-order valence-corrected chi connectivity index (χ1v) is 11.3. The Morgan fingerprint density at radius 2 is 1.76 bits per heavy atom. The lowest BCUT2D eigenvalue weighted by atomic mass is 10.0. The van der Waals surface area contributed by atoms with Gasteiger partial charge in [0.25, 0.3) is 5.91 Å². The number of aromatic hydroxyl groups is 1. The van der Waals surface area contributed by atoms with Crippen LogP contribution in [-0.4, -0.2) is 50.3 Å². The summed E-state index contributed by atoms with van der Waals surface area (Å²) in [5.74, 6) is 0.574. The molecular formula is C26H30N4O4. The van der Waals surface area contributed by atoms with E-state index < -0.39 is 0 Å². The number of nitrogens with zero attached hydrogens (tertiary/aromatic N) is 4. The van der Waals surface area contributed by atoms with Gasteiger partial charge >= 0.3 is 5.69 Å². The number of hydrogen-bond acceptors (Lipinski definition) is 4. The number of imidazole rings is 1.